The van der Waals surface area contributed by atoms with Gasteiger partial charge in [-0.2, -0.15) is 5.10 Å². The highest BCUT2D eigenvalue weighted by Gasteiger charge is 2.34. The number of nitrogens with one attached hydrogen (secondary N) is 2. The zero-order valence-corrected chi connectivity index (χ0v) is 18.4. The van der Waals surface area contributed by atoms with E-state index in [0.717, 1.165) is 11.3 Å². The topological polar surface area (TPSA) is 90.9 Å². The maximum absolute atomic E-state index is 13.0. The summed E-state index contributed by atoms with van der Waals surface area (Å²) in [6, 6.07) is 23.0. The van der Waals surface area contributed by atoms with E-state index in [2.05, 4.69) is 15.7 Å². The number of amides is 2. The quantitative estimate of drug-likeness (QED) is 0.594. The van der Waals surface area contributed by atoms with E-state index in [-0.39, 0.29) is 29.7 Å². The van der Waals surface area contributed by atoms with Gasteiger partial charge >= 0.3 is 0 Å². The van der Waals surface area contributed by atoms with E-state index in [4.69, 9.17) is 0 Å². The van der Waals surface area contributed by atoms with Gasteiger partial charge in [-0.1, -0.05) is 42.5 Å². The Kier molecular flexibility index (Phi) is 6.31. The molecule has 1 aliphatic rings. The molecular formula is C26H24N4O3. The fourth-order valence-corrected chi connectivity index (χ4v) is 3.67. The van der Waals surface area contributed by atoms with Crippen LogP contribution in [0.15, 0.2) is 84.0 Å². The van der Waals surface area contributed by atoms with Gasteiger partial charge in [-0.05, 0) is 55.8 Å². The van der Waals surface area contributed by atoms with Crippen LogP contribution in [0.3, 0.4) is 0 Å². The maximum Gasteiger partial charge on any atom is 0.271 e. The van der Waals surface area contributed by atoms with Crippen LogP contribution in [0, 0.1) is 6.92 Å². The van der Waals surface area contributed by atoms with E-state index in [0.29, 0.717) is 16.9 Å². The summed E-state index contributed by atoms with van der Waals surface area (Å²) in [5, 5.41) is 11.8. The normalized spacial score (nSPS) is 15.0. The van der Waals surface area contributed by atoms with Gasteiger partial charge < -0.3 is 10.6 Å². The molecule has 0 fully saturated rings. The Morgan fingerprint density at radius 1 is 0.818 bits per heavy atom. The van der Waals surface area contributed by atoms with E-state index < -0.39 is 6.04 Å². The Labute approximate surface area is 192 Å². The molecule has 0 saturated carbocycles. The van der Waals surface area contributed by atoms with E-state index in [1.165, 1.54) is 6.92 Å². The minimum atomic E-state index is -0.522. The van der Waals surface area contributed by atoms with Crippen LogP contribution in [0.1, 0.15) is 29.3 Å². The molecule has 0 bridgehead atoms. The number of benzene rings is 3. The van der Waals surface area contributed by atoms with Crippen molar-refractivity contribution in [3.05, 3.63) is 90.0 Å². The van der Waals surface area contributed by atoms with E-state index in [1.54, 1.807) is 47.5 Å². The molecule has 0 saturated heterocycles. The van der Waals surface area contributed by atoms with Crippen LogP contribution in [0.2, 0.25) is 0 Å². The molecule has 3 aromatic carbocycles. The van der Waals surface area contributed by atoms with Gasteiger partial charge in [0.05, 0.1) is 5.69 Å². The van der Waals surface area contributed by atoms with Gasteiger partial charge in [0.25, 0.3) is 11.8 Å². The molecule has 1 atom stereocenters. The molecule has 166 valence electrons. The summed E-state index contributed by atoms with van der Waals surface area (Å²) in [5.41, 5.74) is 3.45. The number of hydrogen-bond donors (Lipinski definition) is 2. The molecular weight excluding hydrogens is 416 g/mol. The van der Waals surface area contributed by atoms with E-state index in [1.807, 2.05) is 43.3 Å². The summed E-state index contributed by atoms with van der Waals surface area (Å²) in [4.78, 5) is 37.7. The number of hydrazone groups is 1. The van der Waals surface area contributed by atoms with Gasteiger partial charge in [-0.15, -0.1) is 0 Å². The fraction of sp³-hybridized carbons (Fsp3) is 0.154. The van der Waals surface area contributed by atoms with Crippen LogP contribution in [0.5, 0.6) is 0 Å². The van der Waals surface area contributed by atoms with Crippen LogP contribution in [-0.2, 0) is 9.59 Å². The standard InChI is InChI=1S/C26H24N4O3/c1-17-21(27-25(32)19-10-5-3-6-11-19)14-9-15-22(17)28-26(33)23-16-24(18(2)31)30(29-23)20-12-7-4-8-13-20/h3-15,24H,16H2,1-2H3,(H,27,32)(H,28,33). The van der Waals surface area contributed by atoms with Crippen LogP contribution in [-0.4, -0.2) is 29.4 Å². The minimum Gasteiger partial charge on any atom is -0.322 e. The van der Waals surface area contributed by atoms with Gasteiger partial charge in [0.1, 0.15) is 11.8 Å². The molecule has 0 aliphatic carbocycles. The number of hydrogen-bond acceptors (Lipinski definition) is 5. The zero-order chi connectivity index (χ0) is 23.4. The lowest BCUT2D eigenvalue weighted by atomic mass is 10.1. The first-order chi connectivity index (χ1) is 15.9. The molecule has 1 heterocycles. The number of Topliss-reactive ketones (excluding diaryl/α,β-unsaturated/α-hetero) is 1. The summed E-state index contributed by atoms with van der Waals surface area (Å²) in [5.74, 6) is -0.674. The van der Waals surface area contributed by atoms with Gasteiger partial charge in [-0.3, -0.25) is 19.4 Å². The molecule has 3 aromatic rings. The highest BCUT2D eigenvalue weighted by Crippen LogP contribution is 2.27. The molecule has 33 heavy (non-hydrogen) atoms. The van der Waals surface area contributed by atoms with Gasteiger partial charge in [0.2, 0.25) is 0 Å². The molecule has 1 aliphatic heterocycles. The van der Waals surface area contributed by atoms with Gasteiger partial charge in [0, 0.05) is 23.4 Å². The first kappa shape index (κ1) is 22.0. The average Bonchev–Trinajstić information content (AvgIpc) is 3.29. The second-order valence-corrected chi connectivity index (χ2v) is 7.81. The predicted molar refractivity (Wildman–Crippen MR) is 130 cm³/mol. The third kappa shape index (κ3) is 4.82. The third-order valence-corrected chi connectivity index (χ3v) is 5.53. The van der Waals surface area contributed by atoms with Gasteiger partial charge in [-0.25, -0.2) is 0 Å². The first-order valence-corrected chi connectivity index (χ1v) is 10.6. The van der Waals surface area contributed by atoms with Crippen molar-refractivity contribution < 1.29 is 14.4 Å². The number of rotatable bonds is 6. The lowest BCUT2D eigenvalue weighted by Gasteiger charge is -2.20. The smallest absolute Gasteiger partial charge is 0.271 e. The minimum absolute atomic E-state index is 0.0628. The predicted octanol–water partition coefficient (Wildman–Crippen LogP) is 4.41. The van der Waals surface area contributed by atoms with Crippen LogP contribution in [0.4, 0.5) is 17.1 Å². The highest BCUT2D eigenvalue weighted by atomic mass is 16.2. The summed E-state index contributed by atoms with van der Waals surface area (Å²) in [7, 11) is 0. The Balaban J connectivity index is 1.52. The molecule has 0 spiro atoms. The van der Waals surface area contributed by atoms with Crippen molar-refractivity contribution in [1.82, 2.24) is 0 Å². The Morgan fingerprint density at radius 2 is 1.39 bits per heavy atom. The Bertz CT molecular complexity index is 1220. The Hall–Kier alpha value is -4.26. The first-order valence-electron chi connectivity index (χ1n) is 10.6. The SMILES string of the molecule is CC(=O)C1CC(C(=O)Nc2cccc(NC(=O)c3ccccc3)c2C)=NN1c1ccccc1. The second kappa shape index (κ2) is 9.48. The Morgan fingerprint density at radius 3 is 2.00 bits per heavy atom. The van der Waals surface area contributed by atoms with E-state index in [9.17, 15) is 14.4 Å². The lowest BCUT2D eigenvalue weighted by molar-refractivity contribution is -0.118. The highest BCUT2D eigenvalue weighted by molar-refractivity contribution is 6.44. The summed E-state index contributed by atoms with van der Waals surface area (Å²) < 4.78 is 0. The summed E-state index contributed by atoms with van der Waals surface area (Å²) in [6.45, 7) is 3.32. The average molecular weight is 441 g/mol. The number of ketones is 1. The maximum atomic E-state index is 13.0. The molecule has 7 nitrogen and oxygen atoms in total. The number of carbonyl (C=O) groups is 3. The van der Waals surface area contributed by atoms with Crippen molar-refractivity contribution >= 4 is 40.4 Å². The molecule has 2 amide bonds. The summed E-state index contributed by atoms with van der Waals surface area (Å²) >= 11 is 0. The zero-order valence-electron chi connectivity index (χ0n) is 18.4. The van der Waals surface area contributed by atoms with E-state index >= 15 is 0 Å². The van der Waals surface area contributed by atoms with Crippen molar-refractivity contribution in [3.8, 4) is 0 Å². The van der Waals surface area contributed by atoms with Gasteiger partial charge in [0.15, 0.2) is 5.78 Å². The number of anilines is 3. The van der Waals surface area contributed by atoms with Crippen molar-refractivity contribution in [2.24, 2.45) is 5.10 Å². The monoisotopic (exact) mass is 440 g/mol. The molecule has 2 N–H and O–H groups in total. The number of nitrogens with zero attached hydrogens (tertiary/aromatic N) is 2. The number of carbonyl (C=O) groups excluding carboxylic acids is 3. The van der Waals surface area contributed by atoms with Crippen molar-refractivity contribution in [2.45, 2.75) is 26.3 Å². The second-order valence-electron chi connectivity index (χ2n) is 7.81. The van der Waals surface area contributed by atoms with Crippen molar-refractivity contribution in [3.63, 3.8) is 0 Å². The van der Waals surface area contributed by atoms with Crippen LogP contribution >= 0.6 is 0 Å². The lowest BCUT2D eigenvalue weighted by Crippen LogP contribution is -2.33. The molecule has 0 aromatic heterocycles. The largest absolute Gasteiger partial charge is 0.322 e. The molecule has 7 heteroatoms. The number of para-hydroxylation sites is 1. The molecule has 1 unspecified atom stereocenters. The third-order valence-electron chi connectivity index (χ3n) is 5.53. The van der Waals surface area contributed by atoms with Crippen molar-refractivity contribution in [1.29, 1.82) is 0 Å². The summed E-state index contributed by atoms with van der Waals surface area (Å²) in [6.07, 6.45) is 0.222. The molecule has 0 radical (unpaired) electrons. The van der Waals surface area contributed by atoms with Crippen molar-refractivity contribution in [2.75, 3.05) is 15.6 Å². The van der Waals surface area contributed by atoms with Crippen LogP contribution in [0.25, 0.3) is 0 Å². The fourth-order valence-electron chi connectivity index (χ4n) is 3.67. The molecule has 4 rings (SSSR count). The van der Waals surface area contributed by atoms with Crippen LogP contribution < -0.4 is 15.6 Å².